The molecule has 20 heavy (non-hydrogen) atoms. The topological polar surface area (TPSA) is 102 Å². The Hall–Kier alpha value is -1.14. The number of carboxylic acids is 1. The van der Waals surface area contributed by atoms with Crippen molar-refractivity contribution in [2.45, 2.75) is 62.4 Å². The fourth-order valence-corrected chi connectivity index (χ4v) is 3.18. The summed E-state index contributed by atoms with van der Waals surface area (Å²) in [6.07, 6.45) is 5.76. The van der Waals surface area contributed by atoms with E-state index in [1.807, 2.05) is 0 Å². The van der Waals surface area contributed by atoms with Crippen LogP contribution in [0.5, 0.6) is 0 Å². The van der Waals surface area contributed by atoms with E-state index in [4.69, 9.17) is 10.5 Å². The first-order valence-corrected chi connectivity index (χ1v) is 7.37. The van der Waals surface area contributed by atoms with Gasteiger partial charge in [-0.05, 0) is 12.8 Å². The number of nitrogens with two attached hydrogens (primary N) is 1. The fourth-order valence-electron chi connectivity index (χ4n) is 3.18. The molecule has 1 saturated carbocycles. The zero-order valence-electron chi connectivity index (χ0n) is 11.8. The average Bonchev–Trinajstić information content (AvgIpc) is 2.39. The Labute approximate surface area is 119 Å². The van der Waals surface area contributed by atoms with Crippen molar-refractivity contribution in [3.05, 3.63) is 0 Å². The van der Waals surface area contributed by atoms with Crippen LogP contribution in [0.4, 0.5) is 0 Å². The van der Waals surface area contributed by atoms with Gasteiger partial charge in [0.1, 0.15) is 5.54 Å². The second-order valence-corrected chi connectivity index (χ2v) is 6.15. The van der Waals surface area contributed by atoms with Crippen molar-refractivity contribution in [3.8, 4) is 0 Å². The molecule has 0 radical (unpaired) electrons. The van der Waals surface area contributed by atoms with Crippen LogP contribution in [0.15, 0.2) is 0 Å². The molecule has 0 bridgehead atoms. The van der Waals surface area contributed by atoms with Crippen molar-refractivity contribution in [2.75, 3.05) is 13.2 Å². The smallest absolute Gasteiger partial charge is 0.329 e. The number of carbonyl (C=O) groups excluding carboxylic acids is 1. The summed E-state index contributed by atoms with van der Waals surface area (Å²) in [5.74, 6) is -1.23. The first-order chi connectivity index (χ1) is 9.46. The van der Waals surface area contributed by atoms with Gasteiger partial charge in [0.25, 0.3) is 0 Å². The van der Waals surface area contributed by atoms with Gasteiger partial charge < -0.3 is 20.9 Å². The minimum atomic E-state index is -1.18. The molecule has 1 aliphatic heterocycles. The molecule has 6 heteroatoms. The molecular formula is C14H24N2O4. The number of carbonyl (C=O) groups is 2. The molecule has 2 fully saturated rings. The molecule has 1 heterocycles. The summed E-state index contributed by atoms with van der Waals surface area (Å²) in [4.78, 5) is 23.7. The Kier molecular flexibility index (Phi) is 4.65. The number of hydrogen-bond acceptors (Lipinski definition) is 4. The van der Waals surface area contributed by atoms with Crippen LogP contribution in [-0.4, -0.2) is 41.3 Å². The van der Waals surface area contributed by atoms with E-state index >= 15 is 0 Å². The lowest BCUT2D eigenvalue weighted by atomic mass is 9.79. The standard InChI is InChI=1S/C14H24N2O4/c15-13(4-2-1-3-5-13)10-11(17)16-14(12(18)19)6-8-20-9-7-14/h1-10,15H2,(H,16,17)(H,18,19). The quantitative estimate of drug-likeness (QED) is 0.708. The lowest BCUT2D eigenvalue weighted by molar-refractivity contribution is -0.152. The fraction of sp³-hybridized carbons (Fsp3) is 0.857. The zero-order chi connectivity index (χ0) is 14.6. The summed E-state index contributed by atoms with van der Waals surface area (Å²) >= 11 is 0. The van der Waals surface area contributed by atoms with Gasteiger partial charge in [-0.2, -0.15) is 0 Å². The highest BCUT2D eigenvalue weighted by Gasteiger charge is 2.42. The molecule has 2 aliphatic rings. The van der Waals surface area contributed by atoms with Crippen molar-refractivity contribution < 1.29 is 19.4 Å². The Morgan fingerprint density at radius 2 is 1.70 bits per heavy atom. The molecule has 6 nitrogen and oxygen atoms in total. The molecule has 0 unspecified atom stereocenters. The highest BCUT2D eigenvalue weighted by molar-refractivity contribution is 5.87. The molecule has 1 saturated heterocycles. The van der Waals surface area contributed by atoms with Gasteiger partial charge in [0.15, 0.2) is 0 Å². The first kappa shape index (κ1) is 15.3. The van der Waals surface area contributed by atoms with Crippen LogP contribution in [-0.2, 0) is 14.3 Å². The van der Waals surface area contributed by atoms with Crippen LogP contribution >= 0.6 is 0 Å². The van der Waals surface area contributed by atoms with E-state index in [9.17, 15) is 14.7 Å². The third-order valence-electron chi connectivity index (χ3n) is 4.50. The molecular weight excluding hydrogens is 260 g/mol. The van der Waals surface area contributed by atoms with Crippen LogP contribution in [0, 0.1) is 0 Å². The summed E-state index contributed by atoms with van der Waals surface area (Å²) in [5.41, 5.74) is 4.61. The predicted molar refractivity (Wildman–Crippen MR) is 73.2 cm³/mol. The van der Waals surface area contributed by atoms with Gasteiger partial charge in [-0.15, -0.1) is 0 Å². The Bertz CT molecular complexity index is 371. The van der Waals surface area contributed by atoms with Gasteiger partial charge in [0.05, 0.1) is 0 Å². The summed E-state index contributed by atoms with van der Waals surface area (Å²) in [6, 6.07) is 0. The summed E-state index contributed by atoms with van der Waals surface area (Å²) in [6.45, 7) is 0.723. The van der Waals surface area contributed by atoms with Crippen LogP contribution in [0.25, 0.3) is 0 Å². The maximum Gasteiger partial charge on any atom is 0.329 e. The van der Waals surface area contributed by atoms with Crippen molar-refractivity contribution >= 4 is 11.9 Å². The van der Waals surface area contributed by atoms with Gasteiger partial charge in [0, 0.05) is 38.0 Å². The SMILES string of the molecule is NC1(CC(=O)NC2(C(=O)O)CCOCC2)CCCCC1. The molecule has 4 N–H and O–H groups in total. The average molecular weight is 284 g/mol. The third kappa shape index (κ3) is 3.49. The van der Waals surface area contributed by atoms with Crippen molar-refractivity contribution in [1.29, 1.82) is 0 Å². The molecule has 0 atom stereocenters. The predicted octanol–water partition coefficient (Wildman–Crippen LogP) is 0.788. The number of ether oxygens (including phenoxy) is 1. The Balaban J connectivity index is 1.96. The Morgan fingerprint density at radius 1 is 1.10 bits per heavy atom. The lowest BCUT2D eigenvalue weighted by Gasteiger charge is -2.37. The first-order valence-electron chi connectivity index (χ1n) is 7.37. The second-order valence-electron chi connectivity index (χ2n) is 6.15. The molecule has 0 aromatic carbocycles. The van der Waals surface area contributed by atoms with E-state index < -0.39 is 17.0 Å². The number of rotatable bonds is 4. The Morgan fingerprint density at radius 3 is 2.25 bits per heavy atom. The maximum absolute atomic E-state index is 12.2. The third-order valence-corrected chi connectivity index (χ3v) is 4.50. The number of amides is 1. The van der Waals surface area contributed by atoms with Gasteiger partial charge in [-0.1, -0.05) is 19.3 Å². The molecule has 2 rings (SSSR count). The molecule has 114 valence electrons. The lowest BCUT2D eigenvalue weighted by Crippen LogP contribution is -2.59. The maximum atomic E-state index is 12.2. The van der Waals surface area contributed by atoms with Gasteiger partial charge in [0.2, 0.25) is 5.91 Å². The molecule has 0 aromatic rings. The van der Waals surface area contributed by atoms with Crippen molar-refractivity contribution in [1.82, 2.24) is 5.32 Å². The summed E-state index contributed by atoms with van der Waals surface area (Å²) in [5, 5.41) is 12.1. The van der Waals surface area contributed by atoms with Crippen molar-refractivity contribution in [3.63, 3.8) is 0 Å². The van der Waals surface area contributed by atoms with E-state index in [-0.39, 0.29) is 12.3 Å². The van der Waals surface area contributed by atoms with E-state index in [1.165, 1.54) is 0 Å². The zero-order valence-corrected chi connectivity index (χ0v) is 11.8. The van der Waals surface area contributed by atoms with Crippen LogP contribution in [0.1, 0.15) is 51.4 Å². The summed E-state index contributed by atoms with van der Waals surface area (Å²) in [7, 11) is 0. The second kappa shape index (κ2) is 6.10. The normalized spacial score (nSPS) is 24.9. The molecule has 0 spiro atoms. The van der Waals surface area contributed by atoms with Gasteiger partial charge in [-0.3, -0.25) is 4.79 Å². The minimum absolute atomic E-state index is 0.211. The molecule has 0 aromatic heterocycles. The van der Waals surface area contributed by atoms with Crippen molar-refractivity contribution in [2.24, 2.45) is 5.73 Å². The monoisotopic (exact) mass is 284 g/mol. The van der Waals surface area contributed by atoms with E-state index in [0.29, 0.717) is 26.1 Å². The van der Waals surface area contributed by atoms with Gasteiger partial charge >= 0.3 is 5.97 Å². The number of aliphatic carboxylic acids is 1. The van der Waals surface area contributed by atoms with E-state index in [0.717, 1.165) is 32.1 Å². The van der Waals surface area contributed by atoms with Crippen LogP contribution in [0.3, 0.4) is 0 Å². The van der Waals surface area contributed by atoms with E-state index in [2.05, 4.69) is 5.32 Å². The van der Waals surface area contributed by atoms with Gasteiger partial charge in [-0.25, -0.2) is 4.79 Å². The number of carboxylic acid groups (broad SMARTS) is 1. The minimum Gasteiger partial charge on any atom is -0.480 e. The number of hydrogen-bond donors (Lipinski definition) is 3. The largest absolute Gasteiger partial charge is 0.480 e. The van der Waals surface area contributed by atoms with Crippen LogP contribution in [0.2, 0.25) is 0 Å². The molecule has 1 aliphatic carbocycles. The highest BCUT2D eigenvalue weighted by atomic mass is 16.5. The van der Waals surface area contributed by atoms with Crippen LogP contribution < -0.4 is 11.1 Å². The number of nitrogens with one attached hydrogen (secondary N) is 1. The highest BCUT2D eigenvalue weighted by Crippen LogP contribution is 2.29. The summed E-state index contributed by atoms with van der Waals surface area (Å²) < 4.78 is 5.19. The molecule has 1 amide bonds. The van der Waals surface area contributed by atoms with E-state index in [1.54, 1.807) is 0 Å².